The Hall–Kier alpha value is -2.10. The first-order valence-electron chi connectivity index (χ1n) is 7.16. The van der Waals surface area contributed by atoms with Crippen molar-refractivity contribution in [2.75, 3.05) is 23.3 Å². The molecule has 20 heavy (non-hydrogen) atoms. The van der Waals surface area contributed by atoms with E-state index in [0.29, 0.717) is 6.04 Å². The molecule has 0 spiro atoms. The summed E-state index contributed by atoms with van der Waals surface area (Å²) in [6.45, 7) is 4.16. The van der Waals surface area contributed by atoms with Crippen LogP contribution in [0.4, 0.5) is 11.6 Å². The van der Waals surface area contributed by atoms with Crippen LogP contribution in [-0.4, -0.2) is 29.1 Å². The lowest BCUT2D eigenvalue weighted by Crippen LogP contribution is -2.39. The highest BCUT2D eigenvalue weighted by atomic mass is 15.2. The minimum atomic E-state index is 0.470. The van der Waals surface area contributed by atoms with Gasteiger partial charge in [-0.15, -0.1) is 0 Å². The third-order valence-corrected chi connectivity index (χ3v) is 3.73. The summed E-state index contributed by atoms with van der Waals surface area (Å²) in [5.41, 5.74) is 2.41. The monoisotopic (exact) mass is 268 g/mol. The summed E-state index contributed by atoms with van der Waals surface area (Å²) in [5, 5.41) is 3.43. The lowest BCUT2D eigenvalue weighted by molar-refractivity contribution is 0.524. The highest BCUT2D eigenvalue weighted by Gasteiger charge is 2.19. The summed E-state index contributed by atoms with van der Waals surface area (Å²) in [7, 11) is 0. The number of aromatic nitrogens is 2. The summed E-state index contributed by atoms with van der Waals surface area (Å²) in [5.74, 6) is 0.744. The second-order valence-electron chi connectivity index (χ2n) is 5.33. The number of rotatable bonds is 3. The third kappa shape index (κ3) is 3.07. The Bertz CT molecular complexity index is 530. The van der Waals surface area contributed by atoms with Crippen LogP contribution in [0.2, 0.25) is 0 Å². The number of benzene rings is 1. The van der Waals surface area contributed by atoms with E-state index in [9.17, 15) is 0 Å². The summed E-state index contributed by atoms with van der Waals surface area (Å²) in [6.07, 6.45) is 5.95. The van der Waals surface area contributed by atoms with Gasteiger partial charge in [-0.3, -0.25) is 0 Å². The minimum absolute atomic E-state index is 0.470. The summed E-state index contributed by atoms with van der Waals surface area (Å²) < 4.78 is 0. The molecule has 1 fully saturated rings. The van der Waals surface area contributed by atoms with Crippen LogP contribution >= 0.6 is 0 Å². The number of hydrogen-bond acceptors (Lipinski definition) is 4. The van der Waals surface area contributed by atoms with Gasteiger partial charge in [0.25, 0.3) is 0 Å². The van der Waals surface area contributed by atoms with Crippen molar-refractivity contribution >= 4 is 11.6 Å². The first-order chi connectivity index (χ1) is 9.81. The van der Waals surface area contributed by atoms with Crippen molar-refractivity contribution < 1.29 is 0 Å². The van der Waals surface area contributed by atoms with E-state index in [4.69, 9.17) is 0 Å². The van der Waals surface area contributed by atoms with E-state index in [2.05, 4.69) is 50.5 Å². The fraction of sp³-hybridized carbons (Fsp3) is 0.375. The largest absolute Gasteiger partial charge is 0.371 e. The van der Waals surface area contributed by atoms with Gasteiger partial charge in [0.05, 0.1) is 0 Å². The molecule has 2 heterocycles. The van der Waals surface area contributed by atoms with Crippen LogP contribution in [0.5, 0.6) is 0 Å². The van der Waals surface area contributed by atoms with Gasteiger partial charge in [-0.1, -0.05) is 18.2 Å². The topological polar surface area (TPSA) is 41.1 Å². The van der Waals surface area contributed by atoms with Gasteiger partial charge in [-0.2, -0.15) is 0 Å². The van der Waals surface area contributed by atoms with Crippen molar-refractivity contribution in [3.05, 3.63) is 48.3 Å². The molecule has 1 aromatic heterocycles. The van der Waals surface area contributed by atoms with E-state index in [1.54, 1.807) is 0 Å². The van der Waals surface area contributed by atoms with E-state index in [1.807, 2.05) is 19.3 Å². The smallest absolute Gasteiger partial charge is 0.222 e. The van der Waals surface area contributed by atoms with Crippen LogP contribution in [0.1, 0.15) is 18.4 Å². The van der Waals surface area contributed by atoms with Gasteiger partial charge in [0, 0.05) is 37.2 Å². The number of hydrogen-bond donors (Lipinski definition) is 1. The lowest BCUT2D eigenvalue weighted by atomic mass is 10.0. The van der Waals surface area contributed by atoms with Crippen molar-refractivity contribution in [3.8, 4) is 0 Å². The Morgan fingerprint density at radius 2 is 1.70 bits per heavy atom. The molecule has 0 bridgehead atoms. The van der Waals surface area contributed by atoms with Crippen LogP contribution < -0.4 is 10.2 Å². The van der Waals surface area contributed by atoms with Crippen LogP contribution in [0.3, 0.4) is 0 Å². The van der Waals surface area contributed by atoms with Gasteiger partial charge in [-0.25, -0.2) is 9.97 Å². The van der Waals surface area contributed by atoms with E-state index >= 15 is 0 Å². The Morgan fingerprint density at radius 3 is 2.35 bits per heavy atom. The molecule has 104 valence electrons. The fourth-order valence-corrected chi connectivity index (χ4v) is 2.57. The van der Waals surface area contributed by atoms with Gasteiger partial charge in [0.2, 0.25) is 5.95 Å². The molecule has 3 rings (SSSR count). The minimum Gasteiger partial charge on any atom is -0.371 e. The zero-order chi connectivity index (χ0) is 13.8. The Morgan fingerprint density at radius 1 is 1.05 bits per heavy atom. The lowest BCUT2D eigenvalue weighted by Gasteiger charge is -2.33. The van der Waals surface area contributed by atoms with Crippen molar-refractivity contribution in [1.29, 1.82) is 0 Å². The number of piperidine rings is 1. The highest BCUT2D eigenvalue weighted by molar-refractivity contribution is 5.46. The molecule has 1 aliphatic rings. The molecule has 0 amide bonds. The number of nitrogens with zero attached hydrogens (tertiary/aromatic N) is 3. The van der Waals surface area contributed by atoms with Crippen molar-refractivity contribution in [2.45, 2.75) is 25.8 Å². The number of aryl methyl sites for hydroxylation is 1. The SMILES string of the molecule is Cc1cnc(NC2CCN(c3ccccc3)CC2)nc1. The Kier molecular flexibility index (Phi) is 3.81. The molecule has 1 saturated heterocycles. The van der Waals surface area contributed by atoms with E-state index in [-0.39, 0.29) is 0 Å². The molecule has 1 aliphatic heterocycles. The first-order valence-corrected chi connectivity index (χ1v) is 7.16. The van der Waals surface area contributed by atoms with Gasteiger partial charge in [0.1, 0.15) is 0 Å². The number of para-hydroxylation sites is 1. The quantitative estimate of drug-likeness (QED) is 0.929. The maximum atomic E-state index is 4.31. The zero-order valence-electron chi connectivity index (χ0n) is 11.8. The average Bonchev–Trinajstić information content (AvgIpc) is 2.51. The molecule has 1 aromatic carbocycles. The fourth-order valence-electron chi connectivity index (χ4n) is 2.57. The summed E-state index contributed by atoms with van der Waals surface area (Å²) in [4.78, 5) is 11.1. The predicted octanol–water partition coefficient (Wildman–Crippen LogP) is 2.87. The summed E-state index contributed by atoms with van der Waals surface area (Å²) in [6, 6.07) is 11.1. The molecular formula is C16H20N4. The van der Waals surface area contributed by atoms with E-state index < -0.39 is 0 Å². The van der Waals surface area contributed by atoms with Crippen molar-refractivity contribution in [2.24, 2.45) is 0 Å². The molecule has 4 nitrogen and oxygen atoms in total. The van der Waals surface area contributed by atoms with Crippen LogP contribution in [0.15, 0.2) is 42.7 Å². The summed E-state index contributed by atoms with van der Waals surface area (Å²) >= 11 is 0. The van der Waals surface area contributed by atoms with E-state index in [1.165, 1.54) is 5.69 Å². The maximum Gasteiger partial charge on any atom is 0.222 e. The zero-order valence-corrected chi connectivity index (χ0v) is 11.8. The predicted molar refractivity (Wildman–Crippen MR) is 82.1 cm³/mol. The van der Waals surface area contributed by atoms with Crippen molar-refractivity contribution in [3.63, 3.8) is 0 Å². The number of nitrogens with one attached hydrogen (secondary N) is 1. The maximum absolute atomic E-state index is 4.31. The average molecular weight is 268 g/mol. The molecule has 1 N–H and O–H groups in total. The molecule has 0 unspecified atom stereocenters. The standard InChI is InChI=1S/C16H20N4/c1-13-11-17-16(18-12-13)19-14-7-9-20(10-8-14)15-5-3-2-4-6-15/h2-6,11-12,14H,7-10H2,1H3,(H,17,18,19). The van der Waals surface area contributed by atoms with E-state index in [0.717, 1.165) is 37.4 Å². The van der Waals surface area contributed by atoms with Gasteiger partial charge in [-0.05, 0) is 37.5 Å². The second-order valence-corrected chi connectivity index (χ2v) is 5.33. The first kappa shape index (κ1) is 12.9. The molecule has 4 heteroatoms. The molecule has 2 aromatic rings. The molecule has 0 atom stereocenters. The van der Waals surface area contributed by atoms with Gasteiger partial charge in [0.15, 0.2) is 0 Å². The number of anilines is 2. The normalized spacial score (nSPS) is 16.1. The molecule has 0 saturated carbocycles. The Balaban J connectivity index is 1.55. The van der Waals surface area contributed by atoms with Crippen LogP contribution in [0, 0.1) is 6.92 Å². The second kappa shape index (κ2) is 5.90. The molecular weight excluding hydrogens is 248 g/mol. The molecule has 0 aliphatic carbocycles. The van der Waals surface area contributed by atoms with Gasteiger partial charge >= 0.3 is 0 Å². The Labute approximate surface area is 119 Å². The third-order valence-electron chi connectivity index (χ3n) is 3.73. The molecule has 0 radical (unpaired) electrons. The van der Waals surface area contributed by atoms with Crippen molar-refractivity contribution in [1.82, 2.24) is 9.97 Å². The van der Waals surface area contributed by atoms with Crippen LogP contribution in [-0.2, 0) is 0 Å². The van der Waals surface area contributed by atoms with Crippen LogP contribution in [0.25, 0.3) is 0 Å². The highest BCUT2D eigenvalue weighted by Crippen LogP contribution is 2.20. The van der Waals surface area contributed by atoms with Gasteiger partial charge < -0.3 is 10.2 Å².